The van der Waals surface area contributed by atoms with E-state index < -0.39 is 10.0 Å². The lowest BCUT2D eigenvalue weighted by atomic mass is 10.2. The largest absolute Gasteiger partial charge is 0.379 e. The molecule has 0 unspecified atom stereocenters. The summed E-state index contributed by atoms with van der Waals surface area (Å²) in [6.45, 7) is 5.81. The van der Waals surface area contributed by atoms with Crippen molar-refractivity contribution in [1.29, 1.82) is 0 Å². The van der Waals surface area contributed by atoms with Crippen molar-refractivity contribution in [2.45, 2.75) is 37.0 Å². The Morgan fingerprint density at radius 2 is 1.65 bits per heavy atom. The number of carbonyl (C=O) groups is 1. The second kappa shape index (κ2) is 12.0. The smallest absolute Gasteiger partial charge is 0.260 e. The Morgan fingerprint density at radius 1 is 0.946 bits per heavy atom. The van der Waals surface area contributed by atoms with Crippen molar-refractivity contribution in [1.82, 2.24) is 14.2 Å². The van der Waals surface area contributed by atoms with Crippen molar-refractivity contribution < 1.29 is 17.9 Å². The number of hydrogen-bond donors (Lipinski definition) is 0. The first kappa shape index (κ1) is 26.2. The van der Waals surface area contributed by atoms with E-state index in [4.69, 9.17) is 9.72 Å². The molecule has 0 N–H and O–H groups in total. The van der Waals surface area contributed by atoms with E-state index in [0.29, 0.717) is 30.3 Å². The number of morpholine rings is 1. The summed E-state index contributed by atoms with van der Waals surface area (Å²) in [6, 6.07) is 14.3. The van der Waals surface area contributed by atoms with Crippen molar-refractivity contribution >= 4 is 42.6 Å². The highest BCUT2D eigenvalue weighted by Crippen LogP contribution is 2.30. The van der Waals surface area contributed by atoms with Gasteiger partial charge in [-0.15, -0.1) is 0 Å². The summed E-state index contributed by atoms with van der Waals surface area (Å²) >= 11 is 1.50. The van der Waals surface area contributed by atoms with Crippen LogP contribution in [0, 0.1) is 0 Å². The van der Waals surface area contributed by atoms with Gasteiger partial charge in [0.25, 0.3) is 5.91 Å². The van der Waals surface area contributed by atoms with Crippen LogP contribution in [-0.4, -0.2) is 81.0 Å². The summed E-state index contributed by atoms with van der Waals surface area (Å²) in [5.41, 5.74) is 1.33. The number of sulfonamides is 1. The Kier molecular flexibility index (Phi) is 8.51. The van der Waals surface area contributed by atoms with Gasteiger partial charge in [0.05, 0.1) is 28.3 Å². The summed E-state index contributed by atoms with van der Waals surface area (Å²) in [6.07, 6.45) is 4.71. The molecule has 8 nitrogen and oxygen atoms in total. The molecule has 2 aliphatic heterocycles. The van der Waals surface area contributed by atoms with Crippen LogP contribution in [0.4, 0.5) is 5.13 Å². The third kappa shape index (κ3) is 6.21. The Hall–Kier alpha value is -2.37. The first-order valence-corrected chi connectivity index (χ1v) is 15.4. The fourth-order valence-corrected chi connectivity index (χ4v) is 7.40. The van der Waals surface area contributed by atoms with E-state index in [1.807, 2.05) is 24.3 Å². The quantitative estimate of drug-likeness (QED) is 0.424. The lowest BCUT2D eigenvalue weighted by Gasteiger charge is -2.27. The van der Waals surface area contributed by atoms with Gasteiger partial charge in [-0.2, -0.15) is 4.31 Å². The topological polar surface area (TPSA) is 83.1 Å². The van der Waals surface area contributed by atoms with Crippen LogP contribution in [0.2, 0.25) is 0 Å². The van der Waals surface area contributed by atoms with Gasteiger partial charge < -0.3 is 4.74 Å². The van der Waals surface area contributed by atoms with Crippen LogP contribution in [0.1, 0.15) is 42.5 Å². The van der Waals surface area contributed by atoms with E-state index in [1.54, 1.807) is 33.5 Å². The third-order valence-electron chi connectivity index (χ3n) is 7.02. The molecule has 3 heterocycles. The molecule has 5 rings (SSSR count). The highest BCUT2D eigenvalue weighted by molar-refractivity contribution is 7.89. The molecule has 0 bridgehead atoms. The van der Waals surface area contributed by atoms with Crippen LogP contribution in [0.25, 0.3) is 10.2 Å². The van der Waals surface area contributed by atoms with E-state index in [0.717, 1.165) is 75.2 Å². The molecule has 2 aromatic carbocycles. The van der Waals surface area contributed by atoms with E-state index in [2.05, 4.69) is 4.90 Å². The standard InChI is InChI=1S/C27H34N4O4S2/c32-26(22-10-12-23(13-11-22)37(33,34)30-15-5-1-2-6-16-30)31(17-7-14-29-18-20-35-21-19-29)27-28-24-8-3-4-9-25(24)36-27/h3-4,8-13H,1-2,5-7,14-21H2. The van der Waals surface area contributed by atoms with Crippen molar-refractivity contribution in [3.8, 4) is 0 Å². The van der Waals surface area contributed by atoms with Gasteiger partial charge in [0.2, 0.25) is 10.0 Å². The monoisotopic (exact) mass is 542 g/mol. The van der Waals surface area contributed by atoms with Crippen LogP contribution in [0.3, 0.4) is 0 Å². The van der Waals surface area contributed by atoms with E-state index in [1.165, 1.54) is 11.3 Å². The van der Waals surface area contributed by atoms with Crippen molar-refractivity contribution in [2.75, 3.05) is 57.4 Å². The Balaban J connectivity index is 1.35. The maximum Gasteiger partial charge on any atom is 0.260 e. The SMILES string of the molecule is O=C(c1ccc(S(=O)(=O)N2CCCCCC2)cc1)N(CCCN1CCOCC1)c1nc2ccccc2s1. The number of nitrogens with zero attached hydrogens (tertiary/aromatic N) is 4. The molecule has 2 aliphatic rings. The number of benzene rings is 2. The molecule has 0 saturated carbocycles. The molecule has 10 heteroatoms. The predicted molar refractivity (Wildman–Crippen MR) is 147 cm³/mol. The molecule has 37 heavy (non-hydrogen) atoms. The molecule has 0 aliphatic carbocycles. The van der Waals surface area contributed by atoms with Gasteiger partial charge in [-0.05, 0) is 55.7 Å². The highest BCUT2D eigenvalue weighted by Gasteiger charge is 2.26. The average Bonchev–Trinajstić information content (AvgIpc) is 3.15. The van der Waals surface area contributed by atoms with Crippen molar-refractivity contribution in [3.63, 3.8) is 0 Å². The van der Waals surface area contributed by atoms with Crippen molar-refractivity contribution in [3.05, 3.63) is 54.1 Å². The molecule has 198 valence electrons. The summed E-state index contributed by atoms with van der Waals surface area (Å²) in [4.78, 5) is 22.8. The second-order valence-electron chi connectivity index (χ2n) is 9.57. The zero-order valence-electron chi connectivity index (χ0n) is 21.0. The fraction of sp³-hybridized carbons (Fsp3) is 0.481. The molecular weight excluding hydrogens is 508 g/mol. The molecule has 1 aromatic heterocycles. The van der Waals surface area contributed by atoms with Crippen LogP contribution < -0.4 is 4.90 Å². The predicted octanol–water partition coefficient (Wildman–Crippen LogP) is 4.23. The number of hydrogen-bond acceptors (Lipinski definition) is 7. The normalized spacial score (nSPS) is 18.1. The molecule has 0 spiro atoms. The third-order valence-corrected chi connectivity index (χ3v) is 9.99. The van der Waals surface area contributed by atoms with Crippen LogP contribution in [0.15, 0.2) is 53.4 Å². The van der Waals surface area contributed by atoms with Gasteiger partial charge in [-0.3, -0.25) is 14.6 Å². The van der Waals surface area contributed by atoms with Gasteiger partial charge in [0, 0.05) is 44.8 Å². The molecule has 0 atom stereocenters. The zero-order chi connectivity index (χ0) is 25.7. The lowest BCUT2D eigenvalue weighted by molar-refractivity contribution is 0.0376. The molecule has 2 saturated heterocycles. The molecule has 3 aromatic rings. The van der Waals surface area contributed by atoms with E-state index in [9.17, 15) is 13.2 Å². The minimum atomic E-state index is -3.56. The van der Waals surface area contributed by atoms with Gasteiger partial charge in [0.15, 0.2) is 5.13 Å². The number of ether oxygens (including phenoxy) is 1. The Morgan fingerprint density at radius 3 is 2.35 bits per heavy atom. The van der Waals surface area contributed by atoms with Gasteiger partial charge in [-0.1, -0.05) is 36.3 Å². The molecule has 0 radical (unpaired) electrons. The first-order chi connectivity index (χ1) is 18.0. The van der Waals surface area contributed by atoms with E-state index >= 15 is 0 Å². The Labute approximate surface area is 222 Å². The summed E-state index contributed by atoms with van der Waals surface area (Å²) in [5.74, 6) is -0.167. The van der Waals surface area contributed by atoms with Crippen LogP contribution in [0.5, 0.6) is 0 Å². The number of thiazole rings is 1. The van der Waals surface area contributed by atoms with Gasteiger partial charge in [-0.25, -0.2) is 13.4 Å². The van der Waals surface area contributed by atoms with Gasteiger partial charge in [0.1, 0.15) is 0 Å². The van der Waals surface area contributed by atoms with E-state index in [-0.39, 0.29) is 10.8 Å². The number of rotatable bonds is 8. The number of fused-ring (bicyclic) bond motifs is 1. The highest BCUT2D eigenvalue weighted by atomic mass is 32.2. The number of anilines is 1. The maximum absolute atomic E-state index is 13.7. The maximum atomic E-state index is 13.7. The molecule has 1 amide bonds. The number of carbonyl (C=O) groups excluding carboxylic acids is 1. The summed E-state index contributed by atoms with van der Waals surface area (Å²) < 4.78 is 34.4. The number of para-hydroxylation sites is 1. The minimum Gasteiger partial charge on any atom is -0.379 e. The average molecular weight is 543 g/mol. The molecule has 2 fully saturated rings. The lowest BCUT2D eigenvalue weighted by Crippen LogP contribution is -2.39. The number of amides is 1. The summed E-state index contributed by atoms with van der Waals surface area (Å²) in [5, 5.41) is 0.662. The number of aromatic nitrogens is 1. The minimum absolute atomic E-state index is 0.167. The van der Waals surface area contributed by atoms with Crippen LogP contribution in [-0.2, 0) is 14.8 Å². The first-order valence-electron chi connectivity index (χ1n) is 13.1. The second-order valence-corrected chi connectivity index (χ2v) is 12.5. The van der Waals surface area contributed by atoms with Gasteiger partial charge >= 0.3 is 0 Å². The zero-order valence-corrected chi connectivity index (χ0v) is 22.7. The fourth-order valence-electron chi connectivity index (χ4n) is 4.89. The van der Waals surface area contributed by atoms with Crippen LogP contribution >= 0.6 is 11.3 Å². The summed E-state index contributed by atoms with van der Waals surface area (Å²) in [7, 11) is -3.56. The Bertz CT molecular complexity index is 1260. The molecular formula is C27H34N4O4S2. The van der Waals surface area contributed by atoms with Crippen molar-refractivity contribution in [2.24, 2.45) is 0 Å².